The van der Waals surface area contributed by atoms with Gasteiger partial charge in [-0.15, -0.1) is 0 Å². The number of rotatable bonds is 3. The number of carbonyl (C=O) groups is 2. The molecule has 1 unspecified atom stereocenters. The Morgan fingerprint density at radius 1 is 1.50 bits per heavy atom. The van der Waals surface area contributed by atoms with Crippen molar-refractivity contribution < 1.29 is 57.2 Å². The van der Waals surface area contributed by atoms with Gasteiger partial charge in [-0.3, -0.25) is 0 Å². The van der Waals surface area contributed by atoms with Crippen molar-refractivity contribution in [3.05, 3.63) is 0 Å². The predicted octanol–water partition coefficient (Wildman–Crippen LogP) is -0.371. The Labute approximate surface area is 96.0 Å². The van der Waals surface area contributed by atoms with Crippen molar-refractivity contribution in [3.63, 3.8) is 0 Å². The van der Waals surface area contributed by atoms with E-state index < -0.39 is 24.6 Å². The fourth-order valence-electron chi connectivity index (χ4n) is 0.285. The van der Waals surface area contributed by atoms with Crippen molar-refractivity contribution in [2.45, 2.75) is 20.5 Å². The smallest absolute Gasteiger partial charge is 0.344 e. The van der Waals surface area contributed by atoms with Gasteiger partial charge in [0.2, 0.25) is 0 Å². The van der Waals surface area contributed by atoms with Crippen molar-refractivity contribution >= 4 is 11.9 Å². The normalized spacial score (nSPS) is 10.2. The number of aliphatic carboxylic acids is 1. The zero-order valence-electron chi connectivity index (χ0n) is 5.98. The maximum atomic E-state index is 10.2. The number of ether oxygens (including phenoxy) is 1. The Morgan fingerprint density at radius 3 is 2.17 bits per heavy atom. The van der Waals surface area contributed by atoms with E-state index in [0.717, 1.165) is 0 Å². The summed E-state index contributed by atoms with van der Waals surface area (Å²) in [5, 5.41) is 16.3. The zero-order chi connectivity index (χ0) is 8.15. The van der Waals surface area contributed by atoms with E-state index in [0.29, 0.717) is 0 Å². The molecule has 0 heterocycles. The number of carboxylic acids is 1. The summed E-state index contributed by atoms with van der Waals surface area (Å²) in [6.45, 7) is 0.410. The van der Waals surface area contributed by atoms with Crippen molar-refractivity contribution in [2.75, 3.05) is 6.61 Å². The van der Waals surface area contributed by atoms with Gasteiger partial charge in [0.25, 0.3) is 0 Å². The van der Waals surface area contributed by atoms with Crippen LogP contribution in [-0.2, 0) is 47.0 Å². The number of esters is 1. The summed E-state index contributed by atoms with van der Waals surface area (Å²) in [7, 11) is 0. The third-order valence-corrected chi connectivity index (χ3v) is 0.785. The summed E-state index contributed by atoms with van der Waals surface area (Å²) in [5.74, 6) is -2.17. The molecule has 0 aliphatic carbocycles. The molecular weight excluding hydrogens is 241 g/mol. The summed E-state index contributed by atoms with van der Waals surface area (Å²) in [4.78, 5) is 20.2. The molecule has 0 aromatic carbocycles. The molecule has 0 fully saturated rings. The van der Waals surface area contributed by atoms with Gasteiger partial charge in [-0.1, -0.05) is 7.43 Å². The van der Waals surface area contributed by atoms with Crippen molar-refractivity contribution in [1.29, 1.82) is 0 Å². The van der Waals surface area contributed by atoms with Crippen molar-refractivity contribution in [3.8, 4) is 0 Å². The molecule has 0 amide bonds. The van der Waals surface area contributed by atoms with E-state index >= 15 is 0 Å². The molecule has 69 valence electrons. The number of aliphatic hydroxyl groups is 1. The average molecular weight is 253 g/mol. The van der Waals surface area contributed by atoms with Crippen LogP contribution in [0.25, 0.3) is 0 Å². The monoisotopic (exact) mass is 253 g/mol. The van der Waals surface area contributed by atoms with Gasteiger partial charge in [-0.05, 0) is 6.92 Å². The van der Waals surface area contributed by atoms with Gasteiger partial charge >= 0.3 is 11.9 Å². The second-order valence-electron chi connectivity index (χ2n) is 1.63. The number of hydrogen-bond acceptors (Lipinski definition) is 4. The van der Waals surface area contributed by atoms with E-state index in [4.69, 9.17) is 10.2 Å². The molecule has 1 atom stereocenters. The van der Waals surface area contributed by atoms with E-state index in [9.17, 15) is 9.59 Å². The van der Waals surface area contributed by atoms with Crippen LogP contribution in [0.3, 0.4) is 0 Å². The molecule has 0 bridgehead atoms. The number of hydrogen-bond donors (Lipinski definition) is 2. The SMILES string of the molecule is C.CC(OC(=O)CO)C(=O)O.[Y]. The molecule has 0 aliphatic heterocycles. The number of carbonyl (C=O) groups excluding carboxylic acids is 1. The topological polar surface area (TPSA) is 83.8 Å². The van der Waals surface area contributed by atoms with Gasteiger partial charge in [-0.2, -0.15) is 0 Å². The van der Waals surface area contributed by atoms with Crippen LogP contribution in [0.15, 0.2) is 0 Å². The van der Waals surface area contributed by atoms with Crippen molar-refractivity contribution in [1.82, 2.24) is 0 Å². The molecule has 0 aliphatic rings. The predicted molar refractivity (Wildman–Crippen MR) is 37.0 cm³/mol. The molecule has 2 N–H and O–H groups in total. The maximum Gasteiger partial charge on any atom is 0.344 e. The van der Waals surface area contributed by atoms with E-state index in [1.165, 1.54) is 6.92 Å². The van der Waals surface area contributed by atoms with E-state index in [1.807, 2.05) is 0 Å². The third-order valence-electron chi connectivity index (χ3n) is 0.785. The fourth-order valence-corrected chi connectivity index (χ4v) is 0.285. The Balaban J connectivity index is -0.000000405. The minimum atomic E-state index is -1.23. The van der Waals surface area contributed by atoms with Crippen LogP contribution in [0, 0.1) is 0 Å². The molecule has 12 heavy (non-hydrogen) atoms. The van der Waals surface area contributed by atoms with Crippen molar-refractivity contribution in [2.24, 2.45) is 0 Å². The molecule has 1 radical (unpaired) electrons. The van der Waals surface area contributed by atoms with Crippen LogP contribution >= 0.6 is 0 Å². The summed E-state index contributed by atoms with van der Waals surface area (Å²) in [5.41, 5.74) is 0. The fraction of sp³-hybridized carbons (Fsp3) is 0.667. The Kier molecular flexibility index (Phi) is 13.6. The Bertz CT molecular complexity index is 147. The van der Waals surface area contributed by atoms with E-state index in [2.05, 4.69) is 4.74 Å². The summed E-state index contributed by atoms with van der Waals surface area (Å²) in [6.07, 6.45) is -1.19. The second-order valence-corrected chi connectivity index (χ2v) is 1.63. The molecular formula is C6H12O5Y. The third kappa shape index (κ3) is 8.10. The second kappa shape index (κ2) is 9.09. The first-order valence-electron chi connectivity index (χ1n) is 2.61. The van der Waals surface area contributed by atoms with Gasteiger partial charge in [0.1, 0.15) is 6.61 Å². The molecule has 0 saturated carbocycles. The first kappa shape index (κ1) is 17.9. The maximum absolute atomic E-state index is 10.2. The molecule has 6 heteroatoms. The van der Waals surface area contributed by atoms with Crippen LogP contribution in [0.4, 0.5) is 0 Å². The van der Waals surface area contributed by atoms with Gasteiger partial charge < -0.3 is 14.9 Å². The zero-order valence-corrected chi connectivity index (χ0v) is 8.82. The number of carboxylic acid groups (broad SMARTS) is 1. The van der Waals surface area contributed by atoms with Crippen LogP contribution in [0.1, 0.15) is 14.4 Å². The van der Waals surface area contributed by atoms with E-state index in [-0.39, 0.29) is 40.1 Å². The van der Waals surface area contributed by atoms with Gasteiger partial charge in [0, 0.05) is 32.7 Å². The van der Waals surface area contributed by atoms with Gasteiger partial charge in [0.05, 0.1) is 0 Å². The molecule has 0 aromatic heterocycles. The summed E-state index contributed by atoms with van der Waals surface area (Å²) >= 11 is 0. The first-order valence-corrected chi connectivity index (χ1v) is 2.61. The standard InChI is InChI=1S/C5H8O5.CH4.Y/c1-3(5(8)9)10-4(7)2-6;;/h3,6H,2H2,1H3,(H,8,9);1H4;. The first-order chi connectivity index (χ1) is 4.57. The Morgan fingerprint density at radius 2 is 1.92 bits per heavy atom. The summed E-state index contributed by atoms with van der Waals surface area (Å²) < 4.78 is 4.17. The van der Waals surface area contributed by atoms with Gasteiger partial charge in [-0.25, -0.2) is 9.59 Å². The minimum absolute atomic E-state index is 0. The average Bonchev–Trinajstić information content (AvgIpc) is 1.87. The minimum Gasteiger partial charge on any atom is -0.479 e. The summed E-state index contributed by atoms with van der Waals surface area (Å²) in [6, 6.07) is 0. The Hall–Kier alpha value is 0.00390. The molecule has 0 spiro atoms. The van der Waals surface area contributed by atoms with E-state index in [1.54, 1.807) is 0 Å². The number of aliphatic hydroxyl groups excluding tert-OH is 1. The molecule has 0 rings (SSSR count). The molecule has 0 saturated heterocycles. The molecule has 5 nitrogen and oxygen atoms in total. The van der Waals surface area contributed by atoms with Gasteiger partial charge in [0.15, 0.2) is 6.10 Å². The van der Waals surface area contributed by atoms with Crippen LogP contribution in [0.5, 0.6) is 0 Å². The largest absolute Gasteiger partial charge is 0.479 e. The quantitative estimate of drug-likeness (QED) is 0.670. The van der Waals surface area contributed by atoms with Crippen LogP contribution in [-0.4, -0.2) is 34.9 Å². The molecule has 0 aromatic rings. The van der Waals surface area contributed by atoms with Crippen LogP contribution < -0.4 is 0 Å². The van der Waals surface area contributed by atoms with Crippen LogP contribution in [0.2, 0.25) is 0 Å².